The summed E-state index contributed by atoms with van der Waals surface area (Å²) in [4.78, 5) is 18.8. The third-order valence-electron chi connectivity index (χ3n) is 4.30. The molecule has 3 heterocycles. The Morgan fingerprint density at radius 1 is 1.29 bits per heavy atom. The van der Waals surface area contributed by atoms with Crippen molar-refractivity contribution in [3.05, 3.63) is 58.5 Å². The van der Waals surface area contributed by atoms with E-state index in [-0.39, 0.29) is 11.8 Å². The van der Waals surface area contributed by atoms with Gasteiger partial charge >= 0.3 is 0 Å². The van der Waals surface area contributed by atoms with Crippen LogP contribution in [0.2, 0.25) is 0 Å². The van der Waals surface area contributed by atoms with Crippen molar-refractivity contribution in [2.75, 3.05) is 13.1 Å². The Balaban J connectivity index is 1.42. The number of likely N-dealkylation sites (tertiary alicyclic amines) is 1. The molecule has 0 radical (unpaired) electrons. The largest absolute Gasteiger partial charge is 0.342 e. The van der Waals surface area contributed by atoms with Gasteiger partial charge in [0.2, 0.25) is 5.91 Å². The molecule has 0 saturated carbocycles. The van der Waals surface area contributed by atoms with Crippen LogP contribution >= 0.6 is 11.3 Å². The second-order valence-corrected chi connectivity index (χ2v) is 6.74. The zero-order chi connectivity index (χ0) is 16.4. The predicted molar refractivity (Wildman–Crippen MR) is 91.7 cm³/mol. The number of hydrogen-bond acceptors (Lipinski definition) is 5. The summed E-state index contributed by atoms with van der Waals surface area (Å²) < 4.78 is 5.38. The Hall–Kier alpha value is -2.47. The first-order valence-electron chi connectivity index (χ1n) is 7.97. The van der Waals surface area contributed by atoms with Gasteiger partial charge < -0.3 is 9.42 Å². The third kappa shape index (κ3) is 3.10. The Bertz CT molecular complexity index is 814. The molecule has 0 N–H and O–H groups in total. The summed E-state index contributed by atoms with van der Waals surface area (Å²) in [6.07, 6.45) is 1.35. The van der Waals surface area contributed by atoms with Crippen LogP contribution in [-0.2, 0) is 11.2 Å². The standard InChI is InChI=1S/C18H17N3O2S/c22-16(10-13-7-9-24-12-13)21-8-6-15(11-21)17-19-18(23-20-17)14-4-2-1-3-5-14/h1-5,7,9,12,15H,6,8,10-11H2/t15-/m0/s1. The minimum atomic E-state index is 0.151. The SMILES string of the molecule is O=C(Cc1ccsc1)N1CC[C@H](c2noc(-c3ccccc3)n2)C1. The molecular formula is C18H17N3O2S. The van der Waals surface area contributed by atoms with E-state index in [2.05, 4.69) is 10.1 Å². The molecule has 3 aromatic rings. The van der Waals surface area contributed by atoms with Gasteiger partial charge in [-0.15, -0.1) is 0 Å². The zero-order valence-corrected chi connectivity index (χ0v) is 13.9. The van der Waals surface area contributed by atoms with Gasteiger partial charge in [0, 0.05) is 24.6 Å². The van der Waals surface area contributed by atoms with E-state index in [1.807, 2.05) is 52.1 Å². The number of rotatable bonds is 4. The lowest BCUT2D eigenvalue weighted by molar-refractivity contribution is -0.129. The highest BCUT2D eigenvalue weighted by Gasteiger charge is 2.30. The van der Waals surface area contributed by atoms with Crippen LogP contribution in [0.25, 0.3) is 11.5 Å². The number of amides is 1. The molecule has 0 spiro atoms. The number of thiophene rings is 1. The Kier molecular flexibility index (Phi) is 4.13. The van der Waals surface area contributed by atoms with E-state index >= 15 is 0 Å². The summed E-state index contributed by atoms with van der Waals surface area (Å²) in [5.74, 6) is 1.55. The lowest BCUT2D eigenvalue weighted by Crippen LogP contribution is -2.29. The minimum absolute atomic E-state index is 0.151. The normalized spacial score (nSPS) is 17.3. The van der Waals surface area contributed by atoms with Crippen molar-refractivity contribution < 1.29 is 9.32 Å². The smallest absolute Gasteiger partial charge is 0.257 e. The topological polar surface area (TPSA) is 59.2 Å². The van der Waals surface area contributed by atoms with Gasteiger partial charge in [0.05, 0.1) is 6.42 Å². The minimum Gasteiger partial charge on any atom is -0.342 e. The summed E-state index contributed by atoms with van der Waals surface area (Å²) >= 11 is 1.62. The first-order chi connectivity index (χ1) is 11.8. The molecule has 4 rings (SSSR count). The van der Waals surface area contributed by atoms with Gasteiger partial charge in [0.25, 0.3) is 5.89 Å². The average Bonchev–Trinajstić information content (AvgIpc) is 3.36. The molecule has 0 unspecified atom stereocenters. The van der Waals surface area contributed by atoms with Gasteiger partial charge in [-0.3, -0.25) is 4.79 Å². The number of benzene rings is 1. The van der Waals surface area contributed by atoms with E-state index in [1.165, 1.54) is 0 Å². The molecule has 1 aliphatic heterocycles. The molecule has 1 amide bonds. The summed E-state index contributed by atoms with van der Waals surface area (Å²) in [6.45, 7) is 1.42. The Morgan fingerprint density at radius 2 is 2.17 bits per heavy atom. The van der Waals surface area contributed by atoms with Crippen molar-refractivity contribution in [2.45, 2.75) is 18.8 Å². The Labute approximate surface area is 143 Å². The highest BCUT2D eigenvalue weighted by atomic mass is 32.1. The zero-order valence-electron chi connectivity index (χ0n) is 13.1. The first-order valence-corrected chi connectivity index (χ1v) is 8.92. The number of hydrogen-bond donors (Lipinski definition) is 0. The van der Waals surface area contributed by atoms with Crippen LogP contribution in [0.15, 0.2) is 51.7 Å². The molecule has 1 aliphatic rings. The molecule has 5 nitrogen and oxygen atoms in total. The van der Waals surface area contributed by atoms with E-state index in [0.29, 0.717) is 24.7 Å². The van der Waals surface area contributed by atoms with Gasteiger partial charge in [0.1, 0.15) is 0 Å². The lowest BCUT2D eigenvalue weighted by atomic mass is 10.1. The van der Waals surface area contributed by atoms with Crippen LogP contribution < -0.4 is 0 Å². The predicted octanol–water partition coefficient (Wildman–Crippen LogP) is 3.36. The number of aromatic nitrogens is 2. The van der Waals surface area contributed by atoms with E-state index in [1.54, 1.807) is 11.3 Å². The van der Waals surface area contributed by atoms with E-state index in [0.717, 1.165) is 24.1 Å². The van der Waals surface area contributed by atoms with Gasteiger partial charge in [0.15, 0.2) is 5.82 Å². The first kappa shape index (κ1) is 15.1. The van der Waals surface area contributed by atoms with Crippen molar-refractivity contribution in [3.8, 4) is 11.5 Å². The van der Waals surface area contributed by atoms with Crippen molar-refractivity contribution in [2.24, 2.45) is 0 Å². The molecule has 0 bridgehead atoms. The molecule has 122 valence electrons. The van der Waals surface area contributed by atoms with Crippen LogP contribution in [0, 0.1) is 0 Å². The maximum atomic E-state index is 12.4. The van der Waals surface area contributed by atoms with E-state index in [4.69, 9.17) is 4.52 Å². The van der Waals surface area contributed by atoms with E-state index < -0.39 is 0 Å². The van der Waals surface area contributed by atoms with Crippen LogP contribution in [0.1, 0.15) is 23.7 Å². The number of carbonyl (C=O) groups excluding carboxylic acids is 1. The lowest BCUT2D eigenvalue weighted by Gasteiger charge is -2.15. The fourth-order valence-corrected chi connectivity index (χ4v) is 3.64. The number of carbonyl (C=O) groups is 1. The number of nitrogens with zero attached hydrogens (tertiary/aromatic N) is 3. The van der Waals surface area contributed by atoms with Gasteiger partial charge in [-0.25, -0.2) is 0 Å². The molecular weight excluding hydrogens is 322 g/mol. The van der Waals surface area contributed by atoms with Gasteiger partial charge in [-0.05, 0) is 40.9 Å². The molecule has 6 heteroatoms. The molecule has 1 saturated heterocycles. The Morgan fingerprint density at radius 3 is 2.96 bits per heavy atom. The highest BCUT2D eigenvalue weighted by molar-refractivity contribution is 7.08. The summed E-state index contributed by atoms with van der Waals surface area (Å²) in [5, 5.41) is 8.15. The molecule has 1 atom stereocenters. The molecule has 1 fully saturated rings. The molecule has 0 aliphatic carbocycles. The van der Waals surface area contributed by atoms with Crippen LogP contribution in [-0.4, -0.2) is 34.0 Å². The summed E-state index contributed by atoms with van der Waals surface area (Å²) in [5.41, 5.74) is 2.00. The average molecular weight is 339 g/mol. The highest BCUT2D eigenvalue weighted by Crippen LogP contribution is 2.27. The maximum absolute atomic E-state index is 12.4. The van der Waals surface area contributed by atoms with Gasteiger partial charge in [-0.2, -0.15) is 16.3 Å². The van der Waals surface area contributed by atoms with E-state index in [9.17, 15) is 4.79 Å². The monoisotopic (exact) mass is 339 g/mol. The maximum Gasteiger partial charge on any atom is 0.257 e. The van der Waals surface area contributed by atoms with Crippen LogP contribution in [0.5, 0.6) is 0 Å². The fourth-order valence-electron chi connectivity index (χ4n) is 2.98. The van der Waals surface area contributed by atoms with Crippen molar-refractivity contribution in [1.29, 1.82) is 0 Å². The van der Waals surface area contributed by atoms with Crippen molar-refractivity contribution in [1.82, 2.24) is 15.0 Å². The van der Waals surface area contributed by atoms with Gasteiger partial charge in [-0.1, -0.05) is 23.4 Å². The summed E-state index contributed by atoms with van der Waals surface area (Å²) in [7, 11) is 0. The summed E-state index contributed by atoms with van der Waals surface area (Å²) in [6, 6.07) is 11.7. The molecule has 2 aromatic heterocycles. The van der Waals surface area contributed by atoms with Crippen LogP contribution in [0.3, 0.4) is 0 Å². The third-order valence-corrected chi connectivity index (χ3v) is 5.04. The second-order valence-electron chi connectivity index (χ2n) is 5.96. The van der Waals surface area contributed by atoms with Crippen molar-refractivity contribution >= 4 is 17.2 Å². The van der Waals surface area contributed by atoms with Crippen molar-refractivity contribution in [3.63, 3.8) is 0 Å². The second kappa shape index (κ2) is 6.57. The quantitative estimate of drug-likeness (QED) is 0.731. The molecule has 24 heavy (non-hydrogen) atoms. The van der Waals surface area contributed by atoms with Crippen LogP contribution in [0.4, 0.5) is 0 Å². The fraction of sp³-hybridized carbons (Fsp3) is 0.278. The molecule has 1 aromatic carbocycles.